The van der Waals surface area contributed by atoms with E-state index in [2.05, 4.69) is 27.7 Å². The monoisotopic (exact) mass is 255 g/mol. The van der Waals surface area contributed by atoms with Crippen molar-refractivity contribution >= 4 is 0 Å². The number of methoxy groups -OCH3 is 1. The van der Waals surface area contributed by atoms with Crippen LogP contribution in [0.1, 0.15) is 53.4 Å². The van der Waals surface area contributed by atoms with Crippen molar-refractivity contribution in [1.29, 1.82) is 0 Å². The average molecular weight is 255 g/mol. The SMILES string of the molecule is COCCC(C)C1CC(C(C)(C)C)CCC1CN. The molecule has 0 radical (unpaired) electrons. The molecule has 0 bridgehead atoms. The molecule has 1 aliphatic rings. The van der Waals surface area contributed by atoms with Crippen molar-refractivity contribution < 1.29 is 4.74 Å². The molecule has 2 heteroatoms. The van der Waals surface area contributed by atoms with Crippen LogP contribution < -0.4 is 5.73 Å². The molecule has 0 aromatic heterocycles. The van der Waals surface area contributed by atoms with Crippen molar-refractivity contribution in [1.82, 2.24) is 0 Å². The summed E-state index contributed by atoms with van der Waals surface area (Å²) in [5.74, 6) is 3.12. The Hall–Kier alpha value is -0.0800. The molecular weight excluding hydrogens is 222 g/mol. The predicted molar refractivity (Wildman–Crippen MR) is 78.5 cm³/mol. The van der Waals surface area contributed by atoms with E-state index in [1.807, 2.05) is 0 Å². The molecule has 18 heavy (non-hydrogen) atoms. The summed E-state index contributed by atoms with van der Waals surface area (Å²) < 4.78 is 5.24. The molecule has 1 saturated carbocycles. The van der Waals surface area contributed by atoms with Crippen LogP contribution in [0, 0.1) is 29.1 Å². The normalized spacial score (nSPS) is 31.3. The third kappa shape index (κ3) is 4.24. The maximum absolute atomic E-state index is 5.98. The van der Waals surface area contributed by atoms with Gasteiger partial charge < -0.3 is 10.5 Å². The highest BCUT2D eigenvalue weighted by Crippen LogP contribution is 2.45. The number of hydrogen-bond donors (Lipinski definition) is 1. The summed E-state index contributed by atoms with van der Waals surface area (Å²) in [6.45, 7) is 11.3. The van der Waals surface area contributed by atoms with Gasteiger partial charge in [-0.25, -0.2) is 0 Å². The van der Waals surface area contributed by atoms with Gasteiger partial charge in [0.05, 0.1) is 0 Å². The van der Waals surface area contributed by atoms with Gasteiger partial charge in [-0.1, -0.05) is 27.7 Å². The Labute approximate surface area is 114 Å². The first-order valence-electron chi connectivity index (χ1n) is 7.59. The molecule has 108 valence electrons. The highest BCUT2D eigenvalue weighted by molar-refractivity contribution is 4.88. The fraction of sp³-hybridized carbons (Fsp3) is 1.00. The van der Waals surface area contributed by atoms with Crippen LogP contribution in [-0.2, 0) is 4.74 Å². The zero-order valence-corrected chi connectivity index (χ0v) is 13.0. The van der Waals surface area contributed by atoms with Crippen LogP contribution in [0.25, 0.3) is 0 Å². The van der Waals surface area contributed by atoms with E-state index >= 15 is 0 Å². The third-order valence-electron chi connectivity index (χ3n) is 5.08. The molecule has 4 unspecified atom stereocenters. The second-order valence-corrected chi connectivity index (χ2v) is 7.29. The quantitative estimate of drug-likeness (QED) is 0.813. The van der Waals surface area contributed by atoms with Crippen LogP contribution in [0.5, 0.6) is 0 Å². The summed E-state index contributed by atoms with van der Waals surface area (Å²) in [5.41, 5.74) is 6.43. The van der Waals surface area contributed by atoms with Gasteiger partial charge in [0, 0.05) is 13.7 Å². The van der Waals surface area contributed by atoms with E-state index in [0.717, 1.165) is 36.8 Å². The van der Waals surface area contributed by atoms with Gasteiger partial charge in [-0.2, -0.15) is 0 Å². The maximum atomic E-state index is 5.98. The highest BCUT2D eigenvalue weighted by Gasteiger charge is 2.37. The first-order chi connectivity index (χ1) is 8.40. The molecule has 4 atom stereocenters. The van der Waals surface area contributed by atoms with E-state index in [1.165, 1.54) is 25.7 Å². The third-order valence-corrected chi connectivity index (χ3v) is 5.08. The van der Waals surface area contributed by atoms with Gasteiger partial charge in [-0.3, -0.25) is 0 Å². The van der Waals surface area contributed by atoms with Crippen molar-refractivity contribution in [2.45, 2.75) is 53.4 Å². The lowest BCUT2D eigenvalue weighted by atomic mass is 9.62. The molecule has 1 rings (SSSR count). The molecule has 0 amide bonds. The van der Waals surface area contributed by atoms with Gasteiger partial charge >= 0.3 is 0 Å². The maximum Gasteiger partial charge on any atom is 0.0464 e. The lowest BCUT2D eigenvalue weighted by Crippen LogP contribution is -2.38. The Morgan fingerprint density at radius 3 is 2.44 bits per heavy atom. The minimum atomic E-state index is 0.443. The molecule has 1 aliphatic carbocycles. The van der Waals surface area contributed by atoms with Gasteiger partial charge in [0.2, 0.25) is 0 Å². The number of nitrogens with two attached hydrogens (primary N) is 1. The molecule has 0 heterocycles. The van der Waals surface area contributed by atoms with Gasteiger partial charge in [0.15, 0.2) is 0 Å². The Balaban J connectivity index is 2.64. The van der Waals surface area contributed by atoms with Crippen molar-refractivity contribution in [2.24, 2.45) is 34.8 Å². The van der Waals surface area contributed by atoms with Gasteiger partial charge in [-0.15, -0.1) is 0 Å². The second kappa shape index (κ2) is 6.91. The van der Waals surface area contributed by atoms with Gasteiger partial charge in [-0.05, 0) is 61.3 Å². The number of ether oxygens (including phenoxy) is 1. The lowest BCUT2D eigenvalue weighted by Gasteiger charge is -2.44. The first-order valence-corrected chi connectivity index (χ1v) is 7.59. The number of hydrogen-bond acceptors (Lipinski definition) is 2. The van der Waals surface area contributed by atoms with E-state index in [9.17, 15) is 0 Å². The summed E-state index contributed by atoms with van der Waals surface area (Å²) in [6.07, 6.45) is 5.21. The number of rotatable bonds is 5. The summed E-state index contributed by atoms with van der Waals surface area (Å²) in [4.78, 5) is 0. The topological polar surface area (TPSA) is 35.2 Å². The molecule has 2 N–H and O–H groups in total. The first kappa shape index (κ1) is 16.0. The molecule has 0 saturated heterocycles. The lowest BCUT2D eigenvalue weighted by molar-refractivity contribution is 0.0594. The summed E-state index contributed by atoms with van der Waals surface area (Å²) in [5, 5.41) is 0. The van der Waals surface area contributed by atoms with Crippen LogP contribution in [0.4, 0.5) is 0 Å². The molecular formula is C16H33NO. The highest BCUT2D eigenvalue weighted by atomic mass is 16.5. The molecule has 0 aromatic carbocycles. The van der Waals surface area contributed by atoms with Crippen LogP contribution in [0.3, 0.4) is 0 Å². The summed E-state index contributed by atoms with van der Waals surface area (Å²) in [6, 6.07) is 0. The van der Waals surface area contributed by atoms with Crippen LogP contribution in [-0.4, -0.2) is 20.3 Å². The van der Waals surface area contributed by atoms with Crippen LogP contribution in [0.15, 0.2) is 0 Å². The van der Waals surface area contributed by atoms with Gasteiger partial charge in [0.1, 0.15) is 0 Å². The Morgan fingerprint density at radius 2 is 1.94 bits per heavy atom. The fourth-order valence-electron chi connectivity index (χ4n) is 3.56. The van der Waals surface area contributed by atoms with E-state index in [4.69, 9.17) is 10.5 Å². The van der Waals surface area contributed by atoms with E-state index in [-0.39, 0.29) is 0 Å². The van der Waals surface area contributed by atoms with Gasteiger partial charge in [0.25, 0.3) is 0 Å². The largest absolute Gasteiger partial charge is 0.385 e. The zero-order chi connectivity index (χ0) is 13.8. The van der Waals surface area contributed by atoms with Crippen LogP contribution in [0.2, 0.25) is 0 Å². The molecule has 1 fully saturated rings. The minimum absolute atomic E-state index is 0.443. The van der Waals surface area contributed by atoms with Crippen molar-refractivity contribution in [3.05, 3.63) is 0 Å². The van der Waals surface area contributed by atoms with Crippen molar-refractivity contribution in [3.8, 4) is 0 Å². The van der Waals surface area contributed by atoms with E-state index in [1.54, 1.807) is 7.11 Å². The molecule has 2 nitrogen and oxygen atoms in total. The minimum Gasteiger partial charge on any atom is -0.385 e. The Bertz CT molecular complexity index is 234. The van der Waals surface area contributed by atoms with E-state index < -0.39 is 0 Å². The molecule has 0 aliphatic heterocycles. The van der Waals surface area contributed by atoms with Crippen molar-refractivity contribution in [2.75, 3.05) is 20.3 Å². The second-order valence-electron chi connectivity index (χ2n) is 7.29. The Morgan fingerprint density at radius 1 is 1.28 bits per heavy atom. The fourth-order valence-corrected chi connectivity index (χ4v) is 3.56. The predicted octanol–water partition coefficient (Wildman–Crippen LogP) is 3.70. The van der Waals surface area contributed by atoms with E-state index in [0.29, 0.717) is 5.41 Å². The van der Waals surface area contributed by atoms with Crippen LogP contribution >= 0.6 is 0 Å². The summed E-state index contributed by atoms with van der Waals surface area (Å²) in [7, 11) is 1.80. The zero-order valence-electron chi connectivity index (χ0n) is 13.0. The average Bonchev–Trinajstić information content (AvgIpc) is 2.34. The molecule has 0 aromatic rings. The van der Waals surface area contributed by atoms with Crippen molar-refractivity contribution in [3.63, 3.8) is 0 Å². The summed E-state index contributed by atoms with van der Waals surface area (Å²) >= 11 is 0. The smallest absolute Gasteiger partial charge is 0.0464 e. The standard InChI is InChI=1S/C16H33NO/c1-12(8-9-18-5)15-10-14(16(2,3)4)7-6-13(15)11-17/h12-15H,6-11,17H2,1-5H3. The molecule has 0 spiro atoms. The Kier molecular flexibility index (Phi) is 6.13.